The number of nitrogens with zero attached hydrogens (tertiary/aromatic N) is 1. The summed E-state index contributed by atoms with van der Waals surface area (Å²) in [5.41, 5.74) is 5.67. The van der Waals surface area contributed by atoms with Gasteiger partial charge in [-0.15, -0.1) is 6.58 Å². The van der Waals surface area contributed by atoms with Gasteiger partial charge >= 0.3 is 0 Å². The van der Waals surface area contributed by atoms with E-state index in [-0.39, 0.29) is 11.9 Å². The van der Waals surface area contributed by atoms with Gasteiger partial charge in [0.1, 0.15) is 0 Å². The van der Waals surface area contributed by atoms with Crippen molar-refractivity contribution in [3.05, 3.63) is 12.7 Å². The number of carbonyl (C=O) groups excluding carboxylic acids is 1. The van der Waals surface area contributed by atoms with Crippen molar-refractivity contribution in [2.45, 2.75) is 44.7 Å². The molecular formula is C11H20N2O. The molecule has 0 aromatic heterocycles. The van der Waals surface area contributed by atoms with Crippen molar-refractivity contribution in [3.63, 3.8) is 0 Å². The Balaban J connectivity index is 2.67. The van der Waals surface area contributed by atoms with E-state index in [1.807, 2.05) is 4.90 Å². The van der Waals surface area contributed by atoms with E-state index in [0.29, 0.717) is 19.0 Å². The van der Waals surface area contributed by atoms with E-state index in [2.05, 4.69) is 13.5 Å². The summed E-state index contributed by atoms with van der Waals surface area (Å²) >= 11 is 0. The third-order valence-electron chi connectivity index (χ3n) is 2.91. The SMILES string of the molecule is C=CCC(=O)N1C(C)CCCC1CN. The zero-order valence-electron chi connectivity index (χ0n) is 8.91. The van der Waals surface area contributed by atoms with E-state index in [0.717, 1.165) is 12.8 Å². The highest BCUT2D eigenvalue weighted by molar-refractivity contribution is 5.78. The van der Waals surface area contributed by atoms with E-state index < -0.39 is 0 Å². The molecular weight excluding hydrogens is 176 g/mol. The maximum atomic E-state index is 11.8. The fraction of sp³-hybridized carbons (Fsp3) is 0.727. The molecule has 0 aromatic rings. The van der Waals surface area contributed by atoms with Gasteiger partial charge in [-0.25, -0.2) is 0 Å². The van der Waals surface area contributed by atoms with E-state index in [4.69, 9.17) is 5.73 Å². The molecule has 1 aliphatic rings. The second kappa shape index (κ2) is 5.15. The molecule has 0 saturated carbocycles. The lowest BCUT2D eigenvalue weighted by Crippen LogP contribution is -2.51. The molecule has 1 heterocycles. The summed E-state index contributed by atoms with van der Waals surface area (Å²) in [6.45, 7) is 6.27. The summed E-state index contributed by atoms with van der Waals surface area (Å²) in [6.07, 6.45) is 5.42. The average Bonchev–Trinajstić information content (AvgIpc) is 2.17. The summed E-state index contributed by atoms with van der Waals surface area (Å²) in [5, 5.41) is 0. The predicted octanol–water partition coefficient (Wildman–Crippen LogP) is 1.29. The van der Waals surface area contributed by atoms with Crippen LogP contribution in [0.1, 0.15) is 32.6 Å². The second-order valence-corrected chi connectivity index (χ2v) is 3.96. The highest BCUT2D eigenvalue weighted by Crippen LogP contribution is 2.22. The Hall–Kier alpha value is -0.830. The summed E-state index contributed by atoms with van der Waals surface area (Å²) < 4.78 is 0. The van der Waals surface area contributed by atoms with Crippen LogP contribution in [0.3, 0.4) is 0 Å². The standard InChI is InChI=1S/C11H20N2O/c1-3-5-11(14)13-9(2)6-4-7-10(13)8-12/h3,9-10H,1,4-8,12H2,2H3. The average molecular weight is 196 g/mol. The molecule has 3 heteroatoms. The fourth-order valence-corrected chi connectivity index (χ4v) is 2.20. The van der Waals surface area contributed by atoms with Crippen LogP contribution in [0.4, 0.5) is 0 Å². The van der Waals surface area contributed by atoms with Crippen molar-refractivity contribution in [1.29, 1.82) is 0 Å². The minimum Gasteiger partial charge on any atom is -0.335 e. The fourth-order valence-electron chi connectivity index (χ4n) is 2.20. The van der Waals surface area contributed by atoms with Crippen LogP contribution in [-0.4, -0.2) is 29.4 Å². The van der Waals surface area contributed by atoms with Gasteiger partial charge in [0.2, 0.25) is 5.91 Å². The van der Waals surface area contributed by atoms with Crippen LogP contribution in [0.15, 0.2) is 12.7 Å². The molecule has 2 unspecified atom stereocenters. The number of nitrogens with two attached hydrogens (primary N) is 1. The lowest BCUT2D eigenvalue weighted by molar-refractivity contribution is -0.136. The molecule has 0 spiro atoms. The molecule has 0 radical (unpaired) electrons. The highest BCUT2D eigenvalue weighted by atomic mass is 16.2. The number of likely N-dealkylation sites (tertiary alicyclic amines) is 1. The van der Waals surface area contributed by atoms with Crippen LogP contribution in [0.2, 0.25) is 0 Å². The van der Waals surface area contributed by atoms with Crippen LogP contribution in [0.25, 0.3) is 0 Å². The van der Waals surface area contributed by atoms with Gasteiger partial charge in [-0.2, -0.15) is 0 Å². The first-order valence-corrected chi connectivity index (χ1v) is 5.32. The van der Waals surface area contributed by atoms with Gasteiger partial charge in [-0.3, -0.25) is 4.79 Å². The van der Waals surface area contributed by atoms with Gasteiger partial charge in [0.25, 0.3) is 0 Å². The molecule has 1 fully saturated rings. The van der Waals surface area contributed by atoms with Gasteiger partial charge < -0.3 is 10.6 Å². The van der Waals surface area contributed by atoms with Crippen molar-refractivity contribution in [2.75, 3.05) is 6.54 Å². The Morgan fingerprint density at radius 3 is 2.93 bits per heavy atom. The number of amides is 1. The number of hydrogen-bond donors (Lipinski definition) is 1. The van der Waals surface area contributed by atoms with Crippen LogP contribution < -0.4 is 5.73 Å². The number of carbonyl (C=O) groups is 1. The van der Waals surface area contributed by atoms with Gasteiger partial charge in [-0.1, -0.05) is 6.08 Å². The summed E-state index contributed by atoms with van der Waals surface area (Å²) in [7, 11) is 0. The monoisotopic (exact) mass is 196 g/mol. The molecule has 1 aliphatic heterocycles. The molecule has 1 saturated heterocycles. The van der Waals surface area contributed by atoms with Crippen molar-refractivity contribution < 1.29 is 4.79 Å². The molecule has 1 rings (SSSR count). The first-order chi connectivity index (χ1) is 6.70. The van der Waals surface area contributed by atoms with Crippen molar-refractivity contribution >= 4 is 5.91 Å². The Bertz CT molecular complexity index is 215. The Morgan fingerprint density at radius 2 is 2.36 bits per heavy atom. The Kier molecular flexibility index (Phi) is 4.14. The van der Waals surface area contributed by atoms with E-state index in [1.54, 1.807) is 6.08 Å². The van der Waals surface area contributed by atoms with Gasteiger partial charge in [0.05, 0.1) is 0 Å². The van der Waals surface area contributed by atoms with E-state index in [1.165, 1.54) is 6.42 Å². The van der Waals surface area contributed by atoms with Crippen LogP contribution in [0.5, 0.6) is 0 Å². The van der Waals surface area contributed by atoms with Crippen molar-refractivity contribution in [3.8, 4) is 0 Å². The molecule has 80 valence electrons. The van der Waals surface area contributed by atoms with Crippen LogP contribution in [0, 0.1) is 0 Å². The second-order valence-electron chi connectivity index (χ2n) is 3.96. The van der Waals surface area contributed by atoms with Crippen molar-refractivity contribution in [1.82, 2.24) is 4.90 Å². The lowest BCUT2D eigenvalue weighted by atomic mass is 9.96. The minimum atomic E-state index is 0.169. The first-order valence-electron chi connectivity index (χ1n) is 5.32. The summed E-state index contributed by atoms with van der Waals surface area (Å²) in [6, 6.07) is 0.580. The van der Waals surface area contributed by atoms with Gasteiger partial charge in [-0.05, 0) is 26.2 Å². The first kappa shape index (κ1) is 11.2. The zero-order valence-corrected chi connectivity index (χ0v) is 8.91. The van der Waals surface area contributed by atoms with Crippen LogP contribution in [-0.2, 0) is 4.79 Å². The highest BCUT2D eigenvalue weighted by Gasteiger charge is 2.29. The van der Waals surface area contributed by atoms with Gasteiger partial charge in [0, 0.05) is 25.0 Å². The summed E-state index contributed by atoms with van der Waals surface area (Å²) in [5.74, 6) is 0.169. The Labute approximate surface area is 86.0 Å². The molecule has 3 nitrogen and oxygen atoms in total. The quantitative estimate of drug-likeness (QED) is 0.691. The van der Waals surface area contributed by atoms with E-state index in [9.17, 15) is 4.79 Å². The topological polar surface area (TPSA) is 46.3 Å². The maximum absolute atomic E-state index is 11.8. The van der Waals surface area contributed by atoms with E-state index >= 15 is 0 Å². The number of piperidine rings is 1. The lowest BCUT2D eigenvalue weighted by Gasteiger charge is -2.40. The number of rotatable bonds is 3. The number of hydrogen-bond acceptors (Lipinski definition) is 2. The third-order valence-corrected chi connectivity index (χ3v) is 2.91. The Morgan fingerprint density at radius 1 is 1.64 bits per heavy atom. The largest absolute Gasteiger partial charge is 0.335 e. The molecule has 0 aromatic carbocycles. The molecule has 14 heavy (non-hydrogen) atoms. The zero-order chi connectivity index (χ0) is 10.6. The molecule has 1 amide bonds. The van der Waals surface area contributed by atoms with Crippen molar-refractivity contribution in [2.24, 2.45) is 5.73 Å². The van der Waals surface area contributed by atoms with Crippen LogP contribution >= 0.6 is 0 Å². The maximum Gasteiger partial charge on any atom is 0.226 e. The smallest absolute Gasteiger partial charge is 0.226 e. The third kappa shape index (κ3) is 2.35. The van der Waals surface area contributed by atoms with Gasteiger partial charge in [0.15, 0.2) is 0 Å². The molecule has 2 N–H and O–H groups in total. The predicted molar refractivity (Wildman–Crippen MR) is 57.8 cm³/mol. The minimum absolute atomic E-state index is 0.169. The molecule has 0 aliphatic carbocycles. The normalized spacial score (nSPS) is 27.4. The molecule has 2 atom stereocenters. The molecule has 0 bridgehead atoms. The summed E-state index contributed by atoms with van der Waals surface area (Å²) in [4.78, 5) is 13.7.